The van der Waals surface area contributed by atoms with Crippen LogP contribution in [0.25, 0.3) is 0 Å². The molecule has 17 heavy (non-hydrogen) atoms. The first kappa shape index (κ1) is 14.2. The SMILES string of the molecule is CCc1ccc(C(N)CC(C)(C)CC(=O)O)s1. The topological polar surface area (TPSA) is 63.3 Å². The standard InChI is InChI=1S/C13H21NO2S/c1-4-9-5-6-11(17-9)10(14)7-13(2,3)8-12(15)16/h5-6,10H,4,7-8,14H2,1-3H3,(H,15,16). The average molecular weight is 255 g/mol. The third kappa shape index (κ3) is 4.48. The lowest BCUT2D eigenvalue weighted by Gasteiger charge is -2.25. The first-order valence-electron chi connectivity index (χ1n) is 5.90. The first-order valence-corrected chi connectivity index (χ1v) is 6.71. The summed E-state index contributed by atoms with van der Waals surface area (Å²) in [5.74, 6) is -0.761. The highest BCUT2D eigenvalue weighted by atomic mass is 32.1. The number of hydrogen-bond acceptors (Lipinski definition) is 3. The minimum atomic E-state index is -0.761. The van der Waals surface area contributed by atoms with Crippen molar-refractivity contribution in [1.29, 1.82) is 0 Å². The number of carbonyl (C=O) groups is 1. The van der Waals surface area contributed by atoms with Gasteiger partial charge in [0, 0.05) is 15.8 Å². The van der Waals surface area contributed by atoms with Gasteiger partial charge in [-0.25, -0.2) is 0 Å². The molecule has 3 N–H and O–H groups in total. The van der Waals surface area contributed by atoms with Gasteiger partial charge in [-0.3, -0.25) is 4.79 Å². The first-order chi connectivity index (χ1) is 7.84. The van der Waals surface area contributed by atoms with E-state index in [0.29, 0.717) is 6.42 Å². The molecule has 3 nitrogen and oxygen atoms in total. The van der Waals surface area contributed by atoms with E-state index >= 15 is 0 Å². The lowest BCUT2D eigenvalue weighted by molar-refractivity contribution is -0.139. The number of aryl methyl sites for hydroxylation is 1. The van der Waals surface area contributed by atoms with Crippen LogP contribution in [0.15, 0.2) is 12.1 Å². The molecule has 1 atom stereocenters. The maximum atomic E-state index is 10.7. The molecule has 0 aromatic carbocycles. The van der Waals surface area contributed by atoms with Crippen LogP contribution in [0.1, 0.15) is 49.4 Å². The second kappa shape index (κ2) is 5.65. The lowest BCUT2D eigenvalue weighted by atomic mass is 9.82. The summed E-state index contributed by atoms with van der Waals surface area (Å²) in [5.41, 5.74) is 5.88. The number of aliphatic carboxylic acids is 1. The summed E-state index contributed by atoms with van der Waals surface area (Å²) in [5, 5.41) is 8.84. The Balaban J connectivity index is 2.64. The zero-order chi connectivity index (χ0) is 13.1. The van der Waals surface area contributed by atoms with Gasteiger partial charge in [-0.05, 0) is 30.4 Å². The van der Waals surface area contributed by atoms with E-state index in [0.717, 1.165) is 11.3 Å². The van der Waals surface area contributed by atoms with Crippen molar-refractivity contribution in [1.82, 2.24) is 0 Å². The third-order valence-electron chi connectivity index (χ3n) is 2.80. The Morgan fingerprint density at radius 2 is 2.18 bits per heavy atom. The molecular formula is C13H21NO2S. The highest BCUT2D eigenvalue weighted by molar-refractivity contribution is 7.12. The Morgan fingerprint density at radius 3 is 2.65 bits per heavy atom. The Labute approximate surface area is 107 Å². The molecule has 0 spiro atoms. The Bertz CT molecular complexity index is 385. The lowest BCUT2D eigenvalue weighted by Crippen LogP contribution is -2.23. The summed E-state index contributed by atoms with van der Waals surface area (Å²) in [4.78, 5) is 13.2. The highest BCUT2D eigenvalue weighted by Crippen LogP contribution is 2.34. The predicted molar refractivity (Wildman–Crippen MR) is 71.3 cm³/mol. The molecule has 0 fully saturated rings. The van der Waals surface area contributed by atoms with Crippen LogP contribution in [-0.2, 0) is 11.2 Å². The molecule has 0 saturated carbocycles. The van der Waals surface area contributed by atoms with Gasteiger partial charge in [-0.1, -0.05) is 20.8 Å². The molecular weight excluding hydrogens is 234 g/mol. The number of carboxylic acid groups (broad SMARTS) is 1. The van der Waals surface area contributed by atoms with Gasteiger partial charge in [0.1, 0.15) is 0 Å². The van der Waals surface area contributed by atoms with E-state index in [1.807, 2.05) is 13.8 Å². The summed E-state index contributed by atoms with van der Waals surface area (Å²) in [7, 11) is 0. The quantitative estimate of drug-likeness (QED) is 0.820. The van der Waals surface area contributed by atoms with Crippen LogP contribution in [0.3, 0.4) is 0 Å². The summed E-state index contributed by atoms with van der Waals surface area (Å²) in [6, 6.07) is 4.10. The number of carboxylic acids is 1. The van der Waals surface area contributed by atoms with E-state index in [2.05, 4.69) is 19.1 Å². The zero-order valence-electron chi connectivity index (χ0n) is 10.7. The Kier molecular flexibility index (Phi) is 4.71. The Hall–Kier alpha value is -0.870. The van der Waals surface area contributed by atoms with Crippen molar-refractivity contribution in [3.8, 4) is 0 Å². The molecule has 1 aromatic rings. The van der Waals surface area contributed by atoms with Gasteiger partial charge in [0.05, 0.1) is 6.42 Å². The largest absolute Gasteiger partial charge is 0.481 e. The van der Waals surface area contributed by atoms with Crippen LogP contribution in [0, 0.1) is 5.41 Å². The van der Waals surface area contributed by atoms with Crippen molar-refractivity contribution in [2.24, 2.45) is 11.1 Å². The minimum absolute atomic E-state index is 0.0605. The average Bonchev–Trinajstić information content (AvgIpc) is 2.62. The molecule has 1 rings (SSSR count). The summed E-state index contributed by atoms with van der Waals surface area (Å²) < 4.78 is 0. The fraction of sp³-hybridized carbons (Fsp3) is 0.615. The van der Waals surface area contributed by atoms with E-state index < -0.39 is 5.97 Å². The van der Waals surface area contributed by atoms with Gasteiger partial charge < -0.3 is 10.8 Å². The molecule has 0 saturated heterocycles. The van der Waals surface area contributed by atoms with E-state index in [1.54, 1.807) is 11.3 Å². The summed E-state index contributed by atoms with van der Waals surface area (Å²) in [6.45, 7) is 6.03. The second-order valence-corrected chi connectivity index (χ2v) is 6.40. The molecule has 0 radical (unpaired) electrons. The molecule has 1 unspecified atom stereocenters. The van der Waals surface area contributed by atoms with E-state index in [-0.39, 0.29) is 17.9 Å². The van der Waals surface area contributed by atoms with Gasteiger partial charge in [0.25, 0.3) is 0 Å². The van der Waals surface area contributed by atoms with Gasteiger partial charge in [0.2, 0.25) is 0 Å². The number of rotatable bonds is 6. The van der Waals surface area contributed by atoms with E-state index in [4.69, 9.17) is 10.8 Å². The normalized spacial score (nSPS) is 13.6. The van der Waals surface area contributed by atoms with Crippen molar-refractivity contribution < 1.29 is 9.90 Å². The van der Waals surface area contributed by atoms with Gasteiger partial charge in [0.15, 0.2) is 0 Å². The molecule has 1 aromatic heterocycles. The van der Waals surface area contributed by atoms with Crippen molar-refractivity contribution in [2.75, 3.05) is 0 Å². The monoisotopic (exact) mass is 255 g/mol. The van der Waals surface area contributed by atoms with Crippen LogP contribution in [0.4, 0.5) is 0 Å². The van der Waals surface area contributed by atoms with Gasteiger partial charge in [-0.15, -0.1) is 11.3 Å². The number of hydrogen-bond donors (Lipinski definition) is 2. The van der Waals surface area contributed by atoms with Crippen molar-refractivity contribution >= 4 is 17.3 Å². The van der Waals surface area contributed by atoms with Gasteiger partial charge >= 0.3 is 5.97 Å². The van der Waals surface area contributed by atoms with Crippen LogP contribution in [-0.4, -0.2) is 11.1 Å². The maximum absolute atomic E-state index is 10.7. The van der Waals surface area contributed by atoms with Crippen molar-refractivity contribution in [2.45, 2.75) is 46.1 Å². The molecule has 96 valence electrons. The molecule has 0 amide bonds. The molecule has 0 aliphatic rings. The fourth-order valence-corrected chi connectivity index (χ4v) is 2.92. The van der Waals surface area contributed by atoms with E-state index in [1.165, 1.54) is 4.88 Å². The van der Waals surface area contributed by atoms with E-state index in [9.17, 15) is 4.79 Å². The van der Waals surface area contributed by atoms with Crippen molar-refractivity contribution in [3.63, 3.8) is 0 Å². The molecule has 0 aliphatic carbocycles. The predicted octanol–water partition coefficient (Wildman–Crippen LogP) is 3.20. The van der Waals surface area contributed by atoms with Crippen LogP contribution < -0.4 is 5.73 Å². The minimum Gasteiger partial charge on any atom is -0.481 e. The molecule has 4 heteroatoms. The summed E-state index contributed by atoms with van der Waals surface area (Å²) in [6.07, 6.45) is 1.88. The Morgan fingerprint density at radius 1 is 1.53 bits per heavy atom. The number of nitrogens with two attached hydrogens (primary N) is 1. The molecule has 1 heterocycles. The molecule has 0 aliphatic heterocycles. The smallest absolute Gasteiger partial charge is 0.303 e. The third-order valence-corrected chi connectivity index (χ3v) is 4.16. The highest BCUT2D eigenvalue weighted by Gasteiger charge is 2.25. The second-order valence-electron chi connectivity index (χ2n) is 5.20. The molecule has 0 bridgehead atoms. The number of thiophene rings is 1. The van der Waals surface area contributed by atoms with Gasteiger partial charge in [-0.2, -0.15) is 0 Å². The van der Waals surface area contributed by atoms with Crippen molar-refractivity contribution in [3.05, 3.63) is 21.9 Å². The zero-order valence-corrected chi connectivity index (χ0v) is 11.5. The van der Waals surface area contributed by atoms with Crippen LogP contribution >= 0.6 is 11.3 Å². The fourth-order valence-electron chi connectivity index (χ4n) is 1.96. The van der Waals surface area contributed by atoms with Crippen LogP contribution in [0.5, 0.6) is 0 Å². The maximum Gasteiger partial charge on any atom is 0.303 e. The summed E-state index contributed by atoms with van der Waals surface area (Å²) >= 11 is 1.73. The van der Waals surface area contributed by atoms with Crippen LogP contribution in [0.2, 0.25) is 0 Å².